The quantitative estimate of drug-likeness (QED) is 0.574. The predicted molar refractivity (Wildman–Crippen MR) is 62.8 cm³/mol. The standard InChI is InChI=1S/C12H16N2O4/c1-4-17-11(15)10(12(16)18-5-2)9-6-8(3)7-13-14-9/h6-7,10H,4-5H2,1-3H3. The lowest BCUT2D eigenvalue weighted by molar-refractivity contribution is -0.157. The van der Waals surface area contributed by atoms with Gasteiger partial charge in [0.05, 0.1) is 25.1 Å². The summed E-state index contributed by atoms with van der Waals surface area (Å²) in [7, 11) is 0. The number of nitrogens with zero attached hydrogens (tertiary/aromatic N) is 2. The highest BCUT2D eigenvalue weighted by atomic mass is 16.6. The third-order valence-electron chi connectivity index (χ3n) is 2.15. The number of ether oxygens (including phenoxy) is 2. The molecular formula is C12H16N2O4. The van der Waals surface area contributed by atoms with Crippen LogP contribution in [0.2, 0.25) is 0 Å². The predicted octanol–water partition coefficient (Wildman–Crippen LogP) is 0.995. The molecule has 1 rings (SSSR count). The Balaban J connectivity index is 3.03. The van der Waals surface area contributed by atoms with E-state index in [4.69, 9.17) is 9.47 Å². The van der Waals surface area contributed by atoms with E-state index in [9.17, 15) is 9.59 Å². The molecule has 98 valence electrons. The highest BCUT2D eigenvalue weighted by Gasteiger charge is 2.33. The maximum atomic E-state index is 11.8. The fourth-order valence-electron chi connectivity index (χ4n) is 1.42. The summed E-state index contributed by atoms with van der Waals surface area (Å²) in [5.74, 6) is -2.51. The van der Waals surface area contributed by atoms with Gasteiger partial charge in [-0.2, -0.15) is 10.2 Å². The van der Waals surface area contributed by atoms with Crippen LogP contribution in [0.4, 0.5) is 0 Å². The summed E-state index contributed by atoms with van der Waals surface area (Å²) in [6.45, 7) is 5.51. The first-order valence-electron chi connectivity index (χ1n) is 5.72. The summed E-state index contributed by atoms with van der Waals surface area (Å²) in [5, 5.41) is 7.52. The zero-order chi connectivity index (χ0) is 13.5. The number of aryl methyl sites for hydroxylation is 1. The lowest BCUT2D eigenvalue weighted by Crippen LogP contribution is -2.27. The molecule has 0 bridgehead atoms. The van der Waals surface area contributed by atoms with Crippen LogP contribution in [-0.4, -0.2) is 35.3 Å². The Bertz CT molecular complexity index is 416. The molecule has 1 aromatic heterocycles. The van der Waals surface area contributed by atoms with Crippen LogP contribution in [0.15, 0.2) is 12.3 Å². The Hall–Kier alpha value is -1.98. The van der Waals surface area contributed by atoms with Gasteiger partial charge in [-0.3, -0.25) is 9.59 Å². The summed E-state index contributed by atoms with van der Waals surface area (Å²) >= 11 is 0. The summed E-state index contributed by atoms with van der Waals surface area (Å²) in [6, 6.07) is 1.62. The zero-order valence-corrected chi connectivity index (χ0v) is 10.7. The minimum Gasteiger partial charge on any atom is -0.465 e. The average Bonchev–Trinajstić information content (AvgIpc) is 2.30. The van der Waals surface area contributed by atoms with Crippen LogP contribution >= 0.6 is 0 Å². The van der Waals surface area contributed by atoms with Gasteiger partial charge in [-0.15, -0.1) is 0 Å². The molecule has 0 spiro atoms. The van der Waals surface area contributed by atoms with Crippen molar-refractivity contribution in [3.05, 3.63) is 23.5 Å². The maximum Gasteiger partial charge on any atom is 0.326 e. The fraction of sp³-hybridized carbons (Fsp3) is 0.500. The van der Waals surface area contributed by atoms with Crippen LogP contribution in [0.3, 0.4) is 0 Å². The van der Waals surface area contributed by atoms with Crippen LogP contribution in [0.25, 0.3) is 0 Å². The minimum absolute atomic E-state index is 0.188. The highest BCUT2D eigenvalue weighted by molar-refractivity contribution is 6.00. The molecule has 6 heteroatoms. The second kappa shape index (κ2) is 6.68. The van der Waals surface area contributed by atoms with Crippen molar-refractivity contribution in [3.8, 4) is 0 Å². The van der Waals surface area contributed by atoms with E-state index in [0.717, 1.165) is 5.56 Å². The van der Waals surface area contributed by atoms with Crippen LogP contribution in [0.1, 0.15) is 31.0 Å². The van der Waals surface area contributed by atoms with Gasteiger partial charge in [0, 0.05) is 0 Å². The molecule has 0 atom stereocenters. The van der Waals surface area contributed by atoms with E-state index in [-0.39, 0.29) is 18.9 Å². The normalized spacial score (nSPS) is 10.2. The topological polar surface area (TPSA) is 78.4 Å². The second-order valence-electron chi connectivity index (χ2n) is 3.59. The number of esters is 2. The van der Waals surface area contributed by atoms with E-state index in [1.165, 1.54) is 6.20 Å². The first-order chi connectivity index (χ1) is 8.60. The lowest BCUT2D eigenvalue weighted by Gasteiger charge is -2.13. The van der Waals surface area contributed by atoms with E-state index in [0.29, 0.717) is 0 Å². The monoisotopic (exact) mass is 252 g/mol. The van der Waals surface area contributed by atoms with Gasteiger partial charge < -0.3 is 9.47 Å². The van der Waals surface area contributed by atoms with E-state index in [1.54, 1.807) is 26.8 Å². The van der Waals surface area contributed by atoms with Crippen molar-refractivity contribution in [1.29, 1.82) is 0 Å². The number of hydrogen-bond donors (Lipinski definition) is 0. The van der Waals surface area contributed by atoms with Crippen LogP contribution in [0.5, 0.6) is 0 Å². The van der Waals surface area contributed by atoms with Crippen molar-refractivity contribution < 1.29 is 19.1 Å². The molecule has 0 fully saturated rings. The van der Waals surface area contributed by atoms with Gasteiger partial charge in [0.2, 0.25) is 0 Å². The van der Waals surface area contributed by atoms with E-state index in [2.05, 4.69) is 10.2 Å². The van der Waals surface area contributed by atoms with Gasteiger partial charge in [0.15, 0.2) is 5.92 Å². The van der Waals surface area contributed by atoms with Crippen LogP contribution in [-0.2, 0) is 19.1 Å². The smallest absolute Gasteiger partial charge is 0.326 e. The summed E-state index contributed by atoms with van der Waals surface area (Å²) in [4.78, 5) is 23.6. The maximum absolute atomic E-state index is 11.8. The van der Waals surface area contributed by atoms with E-state index < -0.39 is 17.9 Å². The summed E-state index contributed by atoms with van der Waals surface area (Å²) in [6.07, 6.45) is 1.54. The number of hydrogen-bond acceptors (Lipinski definition) is 6. The molecule has 0 unspecified atom stereocenters. The SMILES string of the molecule is CCOC(=O)C(C(=O)OCC)c1cc(C)cnn1. The molecule has 0 aliphatic rings. The van der Waals surface area contributed by atoms with Gasteiger partial charge in [-0.25, -0.2) is 0 Å². The highest BCUT2D eigenvalue weighted by Crippen LogP contribution is 2.17. The molecule has 0 saturated carbocycles. The van der Waals surface area contributed by atoms with Gasteiger partial charge >= 0.3 is 11.9 Å². The molecule has 0 amide bonds. The van der Waals surface area contributed by atoms with Gasteiger partial charge in [0.1, 0.15) is 0 Å². The molecular weight excluding hydrogens is 236 g/mol. The first-order valence-corrected chi connectivity index (χ1v) is 5.72. The third-order valence-corrected chi connectivity index (χ3v) is 2.15. The molecule has 0 aliphatic carbocycles. The average molecular weight is 252 g/mol. The molecule has 0 N–H and O–H groups in total. The molecule has 0 radical (unpaired) electrons. The molecule has 18 heavy (non-hydrogen) atoms. The first kappa shape index (κ1) is 14.1. The fourth-order valence-corrected chi connectivity index (χ4v) is 1.42. The molecule has 0 aliphatic heterocycles. The Morgan fingerprint density at radius 2 is 1.78 bits per heavy atom. The number of carbonyl (C=O) groups is 2. The van der Waals surface area contributed by atoms with E-state index in [1.807, 2.05) is 0 Å². The van der Waals surface area contributed by atoms with Crippen molar-refractivity contribution >= 4 is 11.9 Å². The van der Waals surface area contributed by atoms with Crippen LogP contribution in [0, 0.1) is 6.92 Å². The van der Waals surface area contributed by atoms with Gasteiger partial charge in [-0.1, -0.05) is 0 Å². The molecule has 6 nitrogen and oxygen atoms in total. The van der Waals surface area contributed by atoms with Crippen molar-refractivity contribution in [2.75, 3.05) is 13.2 Å². The van der Waals surface area contributed by atoms with E-state index >= 15 is 0 Å². The molecule has 0 saturated heterocycles. The Kier molecular flexibility index (Phi) is 5.23. The molecule has 1 aromatic rings. The largest absolute Gasteiger partial charge is 0.465 e. The Morgan fingerprint density at radius 1 is 1.22 bits per heavy atom. The van der Waals surface area contributed by atoms with Crippen LogP contribution < -0.4 is 0 Å². The Morgan fingerprint density at radius 3 is 2.22 bits per heavy atom. The second-order valence-corrected chi connectivity index (χ2v) is 3.59. The van der Waals surface area contributed by atoms with Crippen molar-refractivity contribution in [1.82, 2.24) is 10.2 Å². The molecule has 1 heterocycles. The number of rotatable bonds is 5. The van der Waals surface area contributed by atoms with Crippen molar-refractivity contribution in [2.24, 2.45) is 0 Å². The van der Waals surface area contributed by atoms with Crippen molar-refractivity contribution in [3.63, 3.8) is 0 Å². The van der Waals surface area contributed by atoms with Gasteiger partial charge in [0.25, 0.3) is 0 Å². The minimum atomic E-state index is -1.17. The summed E-state index contributed by atoms with van der Waals surface area (Å²) in [5.41, 5.74) is 1.05. The zero-order valence-electron chi connectivity index (χ0n) is 10.7. The summed E-state index contributed by atoms with van der Waals surface area (Å²) < 4.78 is 9.72. The lowest BCUT2D eigenvalue weighted by atomic mass is 10.0. The molecule has 0 aromatic carbocycles. The third kappa shape index (κ3) is 3.51. The van der Waals surface area contributed by atoms with Gasteiger partial charge in [-0.05, 0) is 32.4 Å². The number of aromatic nitrogens is 2. The number of carbonyl (C=O) groups excluding carboxylic acids is 2. The Labute approximate surface area is 105 Å². The van der Waals surface area contributed by atoms with Crippen molar-refractivity contribution in [2.45, 2.75) is 26.7 Å².